The molecule has 0 aromatic heterocycles. The van der Waals surface area contributed by atoms with Gasteiger partial charge < -0.3 is 15.3 Å². The van der Waals surface area contributed by atoms with Crippen molar-refractivity contribution in [1.29, 1.82) is 0 Å². The van der Waals surface area contributed by atoms with Crippen LogP contribution in [0.1, 0.15) is 39.5 Å². The molecule has 2 atom stereocenters. The number of likely N-dealkylation sites (tertiary alicyclic amines) is 1. The molecule has 1 unspecified atom stereocenters. The first kappa shape index (κ1) is 15.0. The molecule has 0 bridgehead atoms. The van der Waals surface area contributed by atoms with Crippen molar-refractivity contribution in [2.45, 2.75) is 51.6 Å². The molecular weight excluding hydrogens is 232 g/mol. The second-order valence-electron chi connectivity index (χ2n) is 5.46. The highest BCUT2D eigenvalue weighted by molar-refractivity contribution is 5.84. The lowest BCUT2D eigenvalue weighted by molar-refractivity contribution is -0.143. The largest absolute Gasteiger partial charge is 0.480 e. The molecule has 5 nitrogen and oxygen atoms in total. The summed E-state index contributed by atoms with van der Waals surface area (Å²) in [5.41, 5.74) is 0. The number of hydrogen-bond donors (Lipinski definition) is 2. The topological polar surface area (TPSA) is 69.6 Å². The minimum Gasteiger partial charge on any atom is -0.480 e. The van der Waals surface area contributed by atoms with Crippen molar-refractivity contribution in [3.05, 3.63) is 0 Å². The Morgan fingerprint density at radius 3 is 2.56 bits per heavy atom. The number of rotatable bonds is 5. The van der Waals surface area contributed by atoms with Gasteiger partial charge in [0.05, 0.1) is 0 Å². The lowest BCUT2D eigenvalue weighted by Gasteiger charge is -2.32. The minimum atomic E-state index is -0.963. The molecule has 1 amide bonds. The molecule has 1 rings (SSSR count). The average Bonchev–Trinajstić information content (AvgIpc) is 2.28. The van der Waals surface area contributed by atoms with Crippen LogP contribution in [0.2, 0.25) is 0 Å². The molecule has 1 aliphatic heterocycles. The van der Waals surface area contributed by atoms with Crippen molar-refractivity contribution >= 4 is 11.9 Å². The lowest BCUT2D eigenvalue weighted by atomic mass is 9.99. The zero-order chi connectivity index (χ0) is 13.7. The third-order valence-corrected chi connectivity index (χ3v) is 3.59. The van der Waals surface area contributed by atoms with E-state index in [0.29, 0.717) is 6.42 Å². The molecule has 18 heavy (non-hydrogen) atoms. The summed E-state index contributed by atoms with van der Waals surface area (Å²) in [5.74, 6) is -1.22. The first-order chi connectivity index (χ1) is 8.41. The normalized spacial score (nSPS) is 22.8. The smallest absolute Gasteiger partial charge is 0.326 e. The Morgan fingerprint density at radius 2 is 2.06 bits per heavy atom. The Labute approximate surface area is 109 Å². The highest BCUT2D eigenvalue weighted by Crippen LogP contribution is 2.17. The van der Waals surface area contributed by atoms with Crippen molar-refractivity contribution < 1.29 is 14.7 Å². The van der Waals surface area contributed by atoms with Gasteiger partial charge in [-0.25, -0.2) is 4.79 Å². The summed E-state index contributed by atoms with van der Waals surface area (Å²) >= 11 is 0. The Balaban J connectivity index is 2.47. The summed E-state index contributed by atoms with van der Waals surface area (Å²) in [6, 6.07) is -0.535. The first-order valence-electron chi connectivity index (χ1n) is 6.64. The molecule has 5 heteroatoms. The zero-order valence-corrected chi connectivity index (χ0v) is 11.5. The summed E-state index contributed by atoms with van der Waals surface area (Å²) in [4.78, 5) is 25.1. The summed E-state index contributed by atoms with van der Waals surface area (Å²) < 4.78 is 0. The standard InChI is InChI=1S/C13H24N2O3/c1-9(2)12(13(17)18)14-11(16)8-10-6-4-5-7-15(10)3/h9-10,12H,4-8H2,1-3H3,(H,14,16)(H,17,18)/t10?,12-/m0/s1. The molecule has 2 N–H and O–H groups in total. The highest BCUT2D eigenvalue weighted by Gasteiger charge is 2.26. The molecule has 104 valence electrons. The van der Waals surface area contributed by atoms with Gasteiger partial charge in [0.1, 0.15) is 6.04 Å². The number of carboxylic acid groups (broad SMARTS) is 1. The van der Waals surface area contributed by atoms with Gasteiger partial charge in [-0.2, -0.15) is 0 Å². The van der Waals surface area contributed by atoms with Gasteiger partial charge in [0.25, 0.3) is 0 Å². The SMILES string of the molecule is CC(C)[C@H](NC(=O)CC1CCCCN1C)C(=O)O. The third kappa shape index (κ3) is 4.29. The molecule has 1 heterocycles. The molecule has 0 aromatic carbocycles. The van der Waals surface area contributed by atoms with Crippen molar-refractivity contribution in [2.75, 3.05) is 13.6 Å². The van der Waals surface area contributed by atoms with Crippen molar-refractivity contribution in [2.24, 2.45) is 5.92 Å². The quantitative estimate of drug-likeness (QED) is 0.772. The number of hydrogen-bond acceptors (Lipinski definition) is 3. The van der Waals surface area contributed by atoms with Gasteiger partial charge in [-0.1, -0.05) is 20.3 Å². The Bertz CT molecular complexity index is 305. The van der Waals surface area contributed by atoms with Crippen LogP contribution in [0.3, 0.4) is 0 Å². The maximum Gasteiger partial charge on any atom is 0.326 e. The van der Waals surface area contributed by atoms with Gasteiger partial charge in [-0.05, 0) is 32.4 Å². The van der Waals surface area contributed by atoms with E-state index < -0.39 is 12.0 Å². The fraction of sp³-hybridized carbons (Fsp3) is 0.846. The Morgan fingerprint density at radius 1 is 1.39 bits per heavy atom. The van der Waals surface area contributed by atoms with Gasteiger partial charge in [-0.3, -0.25) is 4.79 Å². The van der Waals surface area contributed by atoms with E-state index in [1.807, 2.05) is 7.05 Å². The fourth-order valence-electron chi connectivity index (χ4n) is 2.36. The minimum absolute atomic E-state index is 0.101. The summed E-state index contributed by atoms with van der Waals surface area (Å²) in [6.45, 7) is 4.61. The third-order valence-electron chi connectivity index (χ3n) is 3.59. The zero-order valence-electron chi connectivity index (χ0n) is 11.5. The van der Waals surface area contributed by atoms with E-state index in [1.54, 1.807) is 13.8 Å². The van der Waals surface area contributed by atoms with Gasteiger partial charge in [-0.15, -0.1) is 0 Å². The number of carbonyl (C=O) groups excluding carboxylic acids is 1. The fourth-order valence-corrected chi connectivity index (χ4v) is 2.36. The van der Waals surface area contributed by atoms with Gasteiger partial charge in [0.2, 0.25) is 5.91 Å². The summed E-state index contributed by atoms with van der Waals surface area (Å²) in [7, 11) is 2.02. The van der Waals surface area contributed by atoms with Crippen molar-refractivity contribution in [3.8, 4) is 0 Å². The van der Waals surface area contributed by atoms with E-state index in [9.17, 15) is 9.59 Å². The maximum absolute atomic E-state index is 11.9. The number of carboxylic acids is 1. The second kappa shape index (κ2) is 6.73. The van der Waals surface area contributed by atoms with Gasteiger partial charge in [0, 0.05) is 12.5 Å². The van der Waals surface area contributed by atoms with Crippen LogP contribution in [0.25, 0.3) is 0 Å². The lowest BCUT2D eigenvalue weighted by Crippen LogP contribution is -2.47. The molecule has 1 fully saturated rings. The van der Waals surface area contributed by atoms with E-state index in [4.69, 9.17) is 5.11 Å². The number of amides is 1. The predicted molar refractivity (Wildman–Crippen MR) is 69.3 cm³/mol. The molecule has 1 aliphatic rings. The summed E-state index contributed by atoms with van der Waals surface area (Å²) in [5, 5.41) is 11.6. The summed E-state index contributed by atoms with van der Waals surface area (Å²) in [6.07, 6.45) is 3.74. The molecular formula is C13H24N2O3. The number of aliphatic carboxylic acids is 1. The number of nitrogens with zero attached hydrogens (tertiary/aromatic N) is 1. The maximum atomic E-state index is 11.9. The predicted octanol–water partition coefficient (Wildman–Crippen LogP) is 1.09. The van der Waals surface area contributed by atoms with E-state index in [0.717, 1.165) is 19.4 Å². The van der Waals surface area contributed by atoms with Gasteiger partial charge >= 0.3 is 5.97 Å². The molecule has 0 saturated carbocycles. The van der Waals surface area contributed by atoms with Crippen molar-refractivity contribution in [3.63, 3.8) is 0 Å². The molecule has 0 radical (unpaired) electrons. The van der Waals surface area contributed by atoms with Gasteiger partial charge in [0.15, 0.2) is 0 Å². The van der Waals surface area contributed by atoms with Crippen LogP contribution in [0, 0.1) is 5.92 Å². The monoisotopic (exact) mass is 256 g/mol. The van der Waals surface area contributed by atoms with Crippen LogP contribution in [-0.2, 0) is 9.59 Å². The molecule has 0 aliphatic carbocycles. The second-order valence-corrected chi connectivity index (χ2v) is 5.46. The number of nitrogens with one attached hydrogen (secondary N) is 1. The molecule has 0 aromatic rings. The van der Waals surface area contributed by atoms with Crippen LogP contribution >= 0.6 is 0 Å². The van der Waals surface area contributed by atoms with Crippen LogP contribution in [0.4, 0.5) is 0 Å². The van der Waals surface area contributed by atoms with Crippen LogP contribution in [0.5, 0.6) is 0 Å². The average molecular weight is 256 g/mol. The van der Waals surface area contributed by atoms with E-state index in [2.05, 4.69) is 10.2 Å². The van der Waals surface area contributed by atoms with Crippen LogP contribution in [0.15, 0.2) is 0 Å². The van der Waals surface area contributed by atoms with E-state index >= 15 is 0 Å². The Hall–Kier alpha value is -1.10. The molecule has 0 spiro atoms. The highest BCUT2D eigenvalue weighted by atomic mass is 16.4. The van der Waals surface area contributed by atoms with E-state index in [-0.39, 0.29) is 17.9 Å². The Kier molecular flexibility index (Phi) is 5.59. The van der Waals surface area contributed by atoms with Crippen molar-refractivity contribution in [1.82, 2.24) is 10.2 Å². The number of carbonyl (C=O) groups is 2. The van der Waals surface area contributed by atoms with Crippen LogP contribution < -0.4 is 5.32 Å². The van der Waals surface area contributed by atoms with Crippen LogP contribution in [-0.4, -0.2) is 47.6 Å². The van der Waals surface area contributed by atoms with E-state index in [1.165, 1.54) is 6.42 Å². The molecule has 1 saturated heterocycles. The first-order valence-corrected chi connectivity index (χ1v) is 6.64. The number of piperidine rings is 1.